The van der Waals surface area contributed by atoms with Gasteiger partial charge in [-0.1, -0.05) is 32.4 Å². The van der Waals surface area contributed by atoms with Crippen LogP contribution in [0.2, 0.25) is 5.02 Å². The zero-order valence-corrected chi connectivity index (χ0v) is 14.1. The normalized spacial score (nSPS) is 11.3. The molecule has 0 spiro atoms. The minimum atomic E-state index is -1.12. The van der Waals surface area contributed by atoms with Crippen molar-refractivity contribution in [2.24, 2.45) is 7.05 Å². The van der Waals surface area contributed by atoms with Gasteiger partial charge in [-0.15, -0.1) is 0 Å². The van der Waals surface area contributed by atoms with E-state index in [9.17, 15) is 9.59 Å². The third-order valence-electron chi connectivity index (χ3n) is 3.34. The summed E-state index contributed by atoms with van der Waals surface area (Å²) in [4.78, 5) is 23.3. The predicted octanol–water partition coefficient (Wildman–Crippen LogP) is 3.32. The van der Waals surface area contributed by atoms with Crippen molar-refractivity contribution in [2.45, 2.75) is 26.2 Å². The van der Waals surface area contributed by atoms with Crippen LogP contribution in [0.4, 0.5) is 5.69 Å². The number of nitrogens with zero attached hydrogens (tertiary/aromatic N) is 2. The van der Waals surface area contributed by atoms with Gasteiger partial charge in [0.2, 0.25) is 0 Å². The second kappa shape index (κ2) is 6.04. The van der Waals surface area contributed by atoms with Gasteiger partial charge in [0, 0.05) is 18.2 Å². The summed E-state index contributed by atoms with van der Waals surface area (Å²) >= 11 is 5.90. The van der Waals surface area contributed by atoms with Crippen molar-refractivity contribution in [3.63, 3.8) is 0 Å². The molecule has 2 rings (SSSR count). The maximum absolute atomic E-state index is 12.4. The van der Waals surface area contributed by atoms with E-state index in [4.69, 9.17) is 16.7 Å². The van der Waals surface area contributed by atoms with Crippen LogP contribution in [0.3, 0.4) is 0 Å². The molecule has 7 heteroatoms. The van der Waals surface area contributed by atoms with Gasteiger partial charge >= 0.3 is 5.97 Å². The number of carbonyl (C=O) groups excluding carboxylic acids is 1. The first kappa shape index (κ1) is 17.0. The summed E-state index contributed by atoms with van der Waals surface area (Å²) in [7, 11) is 1.70. The summed E-state index contributed by atoms with van der Waals surface area (Å²) in [5.41, 5.74) is 1.46. The molecule has 1 aromatic heterocycles. The van der Waals surface area contributed by atoms with E-state index >= 15 is 0 Å². The number of benzene rings is 1. The second-order valence-electron chi connectivity index (χ2n) is 6.24. The molecular formula is C16H18ClN3O3. The number of aromatic nitrogens is 2. The Balaban J connectivity index is 2.24. The Kier molecular flexibility index (Phi) is 4.47. The number of carbonyl (C=O) groups is 2. The van der Waals surface area contributed by atoms with Crippen LogP contribution < -0.4 is 5.32 Å². The fourth-order valence-corrected chi connectivity index (χ4v) is 2.27. The average Bonchev–Trinajstić information content (AvgIpc) is 2.80. The minimum absolute atomic E-state index is 0.0137. The average molecular weight is 336 g/mol. The molecule has 0 aliphatic rings. The van der Waals surface area contributed by atoms with E-state index in [1.54, 1.807) is 13.1 Å². The lowest BCUT2D eigenvalue weighted by molar-refractivity contribution is 0.0697. The highest BCUT2D eigenvalue weighted by Crippen LogP contribution is 2.23. The Morgan fingerprint density at radius 3 is 2.39 bits per heavy atom. The van der Waals surface area contributed by atoms with Crippen molar-refractivity contribution in [3.8, 4) is 0 Å². The largest absolute Gasteiger partial charge is 0.478 e. The maximum atomic E-state index is 12.4. The Bertz CT molecular complexity index is 775. The molecule has 2 aromatic rings. The number of halogens is 1. The molecule has 0 aliphatic heterocycles. The number of amides is 1. The quantitative estimate of drug-likeness (QED) is 0.901. The monoisotopic (exact) mass is 335 g/mol. The van der Waals surface area contributed by atoms with Gasteiger partial charge in [-0.05, 0) is 24.3 Å². The van der Waals surface area contributed by atoms with Gasteiger partial charge in [-0.3, -0.25) is 9.48 Å². The molecule has 0 saturated carbocycles. The van der Waals surface area contributed by atoms with Crippen LogP contribution in [-0.4, -0.2) is 26.8 Å². The molecule has 0 saturated heterocycles. The van der Waals surface area contributed by atoms with Crippen LogP contribution >= 0.6 is 11.6 Å². The van der Waals surface area contributed by atoms with Gasteiger partial charge in [0.15, 0.2) is 0 Å². The van der Waals surface area contributed by atoms with Crippen molar-refractivity contribution < 1.29 is 14.7 Å². The Morgan fingerprint density at radius 1 is 1.26 bits per heavy atom. The lowest BCUT2D eigenvalue weighted by atomic mass is 9.92. The number of rotatable bonds is 3. The molecule has 6 nitrogen and oxygen atoms in total. The van der Waals surface area contributed by atoms with Crippen molar-refractivity contribution >= 4 is 29.2 Å². The van der Waals surface area contributed by atoms with Crippen molar-refractivity contribution in [1.82, 2.24) is 9.78 Å². The summed E-state index contributed by atoms with van der Waals surface area (Å²) < 4.78 is 1.52. The summed E-state index contributed by atoms with van der Waals surface area (Å²) in [6.45, 7) is 6.05. The van der Waals surface area contributed by atoms with Crippen LogP contribution in [0.1, 0.15) is 47.3 Å². The molecule has 2 N–H and O–H groups in total. The number of nitrogens with one attached hydrogen (secondary N) is 1. The van der Waals surface area contributed by atoms with Crippen molar-refractivity contribution in [1.29, 1.82) is 0 Å². The van der Waals surface area contributed by atoms with Crippen LogP contribution in [0.15, 0.2) is 24.3 Å². The van der Waals surface area contributed by atoms with E-state index < -0.39 is 5.97 Å². The van der Waals surface area contributed by atoms with E-state index in [2.05, 4.69) is 10.4 Å². The molecular weight excluding hydrogens is 318 g/mol. The number of carboxylic acids is 1. The van der Waals surface area contributed by atoms with Gasteiger partial charge in [0.05, 0.1) is 16.3 Å². The molecule has 1 aromatic carbocycles. The van der Waals surface area contributed by atoms with Gasteiger partial charge < -0.3 is 10.4 Å². The fourth-order valence-electron chi connectivity index (χ4n) is 2.01. The van der Waals surface area contributed by atoms with Crippen LogP contribution in [-0.2, 0) is 12.5 Å². The maximum Gasteiger partial charge on any atom is 0.337 e. The molecule has 0 aliphatic carbocycles. The molecule has 0 bridgehead atoms. The smallest absolute Gasteiger partial charge is 0.337 e. The second-order valence-corrected chi connectivity index (χ2v) is 6.65. The standard InChI is InChI=1S/C16H18ClN3O3/c1-16(2,3)13-8-12(20(4)19-13)14(21)18-9-5-6-10(15(22)23)11(17)7-9/h5-8H,1-4H3,(H,18,21)(H,22,23). The summed E-state index contributed by atoms with van der Waals surface area (Å²) in [6.07, 6.45) is 0. The predicted molar refractivity (Wildman–Crippen MR) is 88.3 cm³/mol. The topological polar surface area (TPSA) is 84.2 Å². The summed E-state index contributed by atoms with van der Waals surface area (Å²) in [5, 5.41) is 16.1. The van der Waals surface area contributed by atoms with Crippen molar-refractivity contribution in [2.75, 3.05) is 5.32 Å². The Hall–Kier alpha value is -2.34. The van der Waals surface area contributed by atoms with Crippen LogP contribution in [0, 0.1) is 0 Å². The van der Waals surface area contributed by atoms with Crippen LogP contribution in [0.5, 0.6) is 0 Å². The molecule has 23 heavy (non-hydrogen) atoms. The number of anilines is 1. The highest BCUT2D eigenvalue weighted by atomic mass is 35.5. The van der Waals surface area contributed by atoms with Gasteiger partial charge in [-0.25, -0.2) is 4.79 Å². The minimum Gasteiger partial charge on any atom is -0.478 e. The van der Waals surface area contributed by atoms with Crippen LogP contribution in [0.25, 0.3) is 0 Å². The zero-order valence-electron chi connectivity index (χ0n) is 13.3. The van der Waals surface area contributed by atoms with E-state index in [-0.39, 0.29) is 21.9 Å². The Morgan fingerprint density at radius 2 is 1.91 bits per heavy atom. The SMILES string of the molecule is Cn1nc(C(C)(C)C)cc1C(=O)Nc1ccc(C(=O)O)c(Cl)c1. The first-order valence-electron chi connectivity index (χ1n) is 6.98. The Labute approximate surface area is 139 Å². The lowest BCUT2D eigenvalue weighted by Gasteiger charge is -2.13. The zero-order chi connectivity index (χ0) is 17.4. The first-order valence-corrected chi connectivity index (χ1v) is 7.36. The van der Waals surface area contributed by atoms with Gasteiger partial charge in [0.1, 0.15) is 5.69 Å². The molecule has 0 unspecified atom stereocenters. The number of carboxylic acid groups (broad SMARTS) is 1. The summed E-state index contributed by atoms with van der Waals surface area (Å²) in [6, 6.07) is 5.99. The highest BCUT2D eigenvalue weighted by molar-refractivity contribution is 6.33. The summed E-state index contributed by atoms with van der Waals surface area (Å²) in [5.74, 6) is -1.45. The number of hydrogen-bond donors (Lipinski definition) is 2. The third kappa shape index (κ3) is 3.71. The molecule has 122 valence electrons. The van der Waals surface area contributed by atoms with E-state index in [0.29, 0.717) is 11.4 Å². The molecule has 1 amide bonds. The lowest BCUT2D eigenvalue weighted by Crippen LogP contribution is -2.16. The first-order chi connectivity index (χ1) is 10.6. The number of aromatic carboxylic acids is 1. The molecule has 0 fully saturated rings. The van der Waals surface area contributed by atoms with E-state index in [1.807, 2.05) is 20.8 Å². The fraction of sp³-hybridized carbons (Fsp3) is 0.312. The molecule has 1 heterocycles. The van der Waals surface area contributed by atoms with Crippen molar-refractivity contribution in [3.05, 3.63) is 46.2 Å². The molecule has 0 atom stereocenters. The number of hydrogen-bond acceptors (Lipinski definition) is 3. The third-order valence-corrected chi connectivity index (χ3v) is 3.65. The number of aryl methyl sites for hydroxylation is 1. The van der Waals surface area contributed by atoms with E-state index in [1.165, 1.54) is 22.9 Å². The molecule has 0 radical (unpaired) electrons. The van der Waals surface area contributed by atoms with Gasteiger partial charge in [-0.2, -0.15) is 5.10 Å². The van der Waals surface area contributed by atoms with E-state index in [0.717, 1.165) is 5.69 Å². The van der Waals surface area contributed by atoms with Gasteiger partial charge in [0.25, 0.3) is 5.91 Å². The highest BCUT2D eigenvalue weighted by Gasteiger charge is 2.22.